The summed E-state index contributed by atoms with van der Waals surface area (Å²) in [5, 5.41) is 23.2. The maximum Gasteiger partial charge on any atom is 0.235 e. The third-order valence-corrected chi connectivity index (χ3v) is 7.90. The van der Waals surface area contributed by atoms with Crippen LogP contribution in [-0.4, -0.2) is 26.4 Å². The second kappa shape index (κ2) is 9.61. The van der Waals surface area contributed by atoms with Gasteiger partial charge in [0.1, 0.15) is 11.1 Å². The molecule has 0 saturated carbocycles. The average Bonchev–Trinajstić information content (AvgIpc) is 3.16. The van der Waals surface area contributed by atoms with Crippen LogP contribution in [0.15, 0.2) is 23.4 Å². The molecule has 0 aliphatic heterocycles. The van der Waals surface area contributed by atoms with Gasteiger partial charge in [0.2, 0.25) is 5.91 Å². The van der Waals surface area contributed by atoms with Crippen LogP contribution in [-0.2, 0) is 24.7 Å². The predicted octanol–water partition coefficient (Wildman–Crippen LogP) is 5.72. The van der Waals surface area contributed by atoms with E-state index in [-0.39, 0.29) is 11.7 Å². The van der Waals surface area contributed by atoms with Gasteiger partial charge in [-0.2, -0.15) is 5.26 Å². The van der Waals surface area contributed by atoms with Gasteiger partial charge < -0.3 is 9.88 Å². The van der Waals surface area contributed by atoms with Crippen LogP contribution in [0.5, 0.6) is 0 Å². The number of hydrogen-bond donors (Lipinski definition) is 1. The fourth-order valence-corrected chi connectivity index (χ4v) is 6.05. The number of thioether (sulfide) groups is 1. The number of aromatic nitrogens is 3. The van der Waals surface area contributed by atoms with Gasteiger partial charge in [-0.1, -0.05) is 41.4 Å². The van der Waals surface area contributed by atoms with E-state index in [1.54, 1.807) is 22.8 Å². The zero-order valence-corrected chi connectivity index (χ0v) is 19.9. The highest BCUT2D eigenvalue weighted by Gasteiger charge is 2.21. The molecular weight excluding hydrogens is 473 g/mol. The Hall–Kier alpha value is -2.05. The zero-order chi connectivity index (χ0) is 22.0. The largest absolute Gasteiger partial charge is 0.316 e. The lowest BCUT2D eigenvalue weighted by atomic mass is 10.1. The second-order valence-corrected chi connectivity index (χ2v) is 10.1. The van der Waals surface area contributed by atoms with Gasteiger partial charge in [0, 0.05) is 22.5 Å². The van der Waals surface area contributed by atoms with E-state index in [1.165, 1.54) is 34.4 Å². The van der Waals surface area contributed by atoms with E-state index in [4.69, 9.17) is 23.2 Å². The summed E-state index contributed by atoms with van der Waals surface area (Å²) in [6, 6.07) is 7.48. The van der Waals surface area contributed by atoms with Gasteiger partial charge in [0.25, 0.3) is 0 Å². The van der Waals surface area contributed by atoms with Crippen LogP contribution in [0.4, 0.5) is 5.00 Å². The number of amides is 1. The molecule has 3 aromatic rings. The second-order valence-electron chi connectivity index (χ2n) is 7.21. The molecule has 0 unspecified atom stereocenters. The SMILES string of the molecule is Cn1c(SCC(=O)Nc2sc3c(c2C#N)CCCCC3)nnc1-c1ccc(Cl)cc1Cl. The fraction of sp³-hybridized carbons (Fsp3) is 0.333. The number of nitrogens with one attached hydrogen (secondary N) is 1. The Kier molecular flexibility index (Phi) is 6.87. The molecule has 1 amide bonds. The van der Waals surface area contributed by atoms with Gasteiger partial charge in [0.15, 0.2) is 11.0 Å². The highest BCUT2D eigenvalue weighted by atomic mass is 35.5. The molecule has 31 heavy (non-hydrogen) atoms. The summed E-state index contributed by atoms with van der Waals surface area (Å²) >= 11 is 15.1. The number of benzene rings is 1. The lowest BCUT2D eigenvalue weighted by Gasteiger charge is -2.06. The maximum absolute atomic E-state index is 12.6. The van der Waals surface area contributed by atoms with Crippen molar-refractivity contribution in [3.8, 4) is 17.5 Å². The van der Waals surface area contributed by atoms with Crippen molar-refractivity contribution in [3.63, 3.8) is 0 Å². The number of halogens is 2. The van der Waals surface area contributed by atoms with Crippen LogP contribution < -0.4 is 5.32 Å². The molecule has 4 rings (SSSR count). The first-order valence-corrected chi connectivity index (χ1v) is 12.4. The summed E-state index contributed by atoms with van der Waals surface area (Å²) in [6.07, 6.45) is 5.30. The summed E-state index contributed by atoms with van der Waals surface area (Å²) in [5.41, 5.74) is 2.46. The van der Waals surface area contributed by atoms with E-state index < -0.39 is 0 Å². The molecule has 0 spiro atoms. The molecule has 0 saturated heterocycles. The maximum atomic E-state index is 12.6. The standard InChI is InChI=1S/C21H19Cl2N5OS2/c1-28-19(14-8-7-12(22)9-16(14)23)26-27-21(28)30-11-18(29)25-20-15(10-24)13-5-3-2-4-6-17(13)31-20/h7-9H,2-6,11H2,1H3,(H,25,29). The first-order valence-electron chi connectivity index (χ1n) is 9.80. The van der Waals surface area contributed by atoms with E-state index in [2.05, 4.69) is 21.6 Å². The minimum atomic E-state index is -0.174. The van der Waals surface area contributed by atoms with Crippen LogP contribution in [0.3, 0.4) is 0 Å². The number of aryl methyl sites for hydroxylation is 1. The van der Waals surface area contributed by atoms with Gasteiger partial charge in [-0.15, -0.1) is 21.5 Å². The number of anilines is 1. The number of carbonyl (C=O) groups excluding carboxylic acids is 1. The Morgan fingerprint density at radius 3 is 2.87 bits per heavy atom. The topological polar surface area (TPSA) is 83.6 Å². The Balaban J connectivity index is 1.44. The Morgan fingerprint density at radius 1 is 1.29 bits per heavy atom. The van der Waals surface area contributed by atoms with Crippen molar-refractivity contribution in [1.29, 1.82) is 5.26 Å². The number of nitriles is 1. The zero-order valence-electron chi connectivity index (χ0n) is 16.7. The van der Waals surface area contributed by atoms with E-state index in [0.29, 0.717) is 31.6 Å². The molecule has 160 valence electrons. The first-order chi connectivity index (χ1) is 15.0. The number of hydrogen-bond acceptors (Lipinski definition) is 6. The summed E-state index contributed by atoms with van der Waals surface area (Å²) in [4.78, 5) is 13.8. The molecule has 0 radical (unpaired) electrons. The number of thiophene rings is 1. The molecule has 0 fully saturated rings. The highest BCUT2D eigenvalue weighted by molar-refractivity contribution is 7.99. The van der Waals surface area contributed by atoms with Gasteiger partial charge >= 0.3 is 0 Å². The Bertz CT molecular complexity index is 1180. The van der Waals surface area contributed by atoms with Crippen LogP contribution >= 0.6 is 46.3 Å². The van der Waals surface area contributed by atoms with E-state index >= 15 is 0 Å². The van der Waals surface area contributed by atoms with Crippen molar-refractivity contribution in [2.24, 2.45) is 7.05 Å². The lowest BCUT2D eigenvalue weighted by molar-refractivity contribution is -0.113. The van der Waals surface area contributed by atoms with Crippen molar-refractivity contribution in [1.82, 2.24) is 14.8 Å². The van der Waals surface area contributed by atoms with Gasteiger partial charge in [-0.25, -0.2) is 0 Å². The molecule has 1 aromatic carbocycles. The van der Waals surface area contributed by atoms with E-state index in [1.807, 2.05) is 7.05 Å². The van der Waals surface area contributed by atoms with Crippen molar-refractivity contribution in [2.75, 3.05) is 11.1 Å². The predicted molar refractivity (Wildman–Crippen MR) is 126 cm³/mol. The monoisotopic (exact) mass is 491 g/mol. The Labute approximate surface area is 198 Å². The molecule has 10 heteroatoms. The molecule has 0 bridgehead atoms. The number of nitrogens with zero attached hydrogens (tertiary/aromatic N) is 4. The van der Waals surface area contributed by atoms with E-state index in [9.17, 15) is 10.1 Å². The first kappa shape index (κ1) is 22.2. The van der Waals surface area contributed by atoms with Crippen LogP contribution in [0.1, 0.15) is 35.3 Å². The molecular formula is C21H19Cl2N5OS2. The third kappa shape index (κ3) is 4.75. The smallest absolute Gasteiger partial charge is 0.235 e. The van der Waals surface area contributed by atoms with Crippen molar-refractivity contribution in [2.45, 2.75) is 37.3 Å². The average molecular weight is 492 g/mol. The van der Waals surface area contributed by atoms with Crippen molar-refractivity contribution < 1.29 is 4.79 Å². The summed E-state index contributed by atoms with van der Waals surface area (Å²) in [5.74, 6) is 0.582. The van der Waals surface area contributed by atoms with Crippen LogP contribution in [0, 0.1) is 11.3 Å². The summed E-state index contributed by atoms with van der Waals surface area (Å²) in [7, 11) is 1.82. The van der Waals surface area contributed by atoms with Gasteiger partial charge in [0.05, 0.1) is 16.3 Å². The fourth-order valence-electron chi connectivity index (χ4n) is 3.59. The van der Waals surface area contributed by atoms with E-state index in [0.717, 1.165) is 36.8 Å². The lowest BCUT2D eigenvalue weighted by Crippen LogP contribution is -2.14. The minimum absolute atomic E-state index is 0.160. The van der Waals surface area contributed by atoms with Gasteiger partial charge in [-0.3, -0.25) is 4.79 Å². The van der Waals surface area contributed by atoms with Crippen molar-refractivity contribution in [3.05, 3.63) is 44.2 Å². The number of carbonyl (C=O) groups is 1. The normalized spacial score (nSPS) is 13.4. The van der Waals surface area contributed by atoms with Crippen LogP contribution in [0.2, 0.25) is 10.0 Å². The van der Waals surface area contributed by atoms with Crippen LogP contribution in [0.25, 0.3) is 11.4 Å². The minimum Gasteiger partial charge on any atom is -0.316 e. The molecule has 2 aromatic heterocycles. The molecule has 0 atom stereocenters. The molecule has 6 nitrogen and oxygen atoms in total. The quantitative estimate of drug-likeness (QED) is 0.364. The molecule has 1 aliphatic carbocycles. The van der Waals surface area contributed by atoms with Gasteiger partial charge in [-0.05, 0) is 49.4 Å². The summed E-state index contributed by atoms with van der Waals surface area (Å²) in [6.45, 7) is 0. The summed E-state index contributed by atoms with van der Waals surface area (Å²) < 4.78 is 1.79. The Morgan fingerprint density at radius 2 is 2.10 bits per heavy atom. The van der Waals surface area contributed by atoms with Crippen molar-refractivity contribution >= 4 is 57.2 Å². The highest BCUT2D eigenvalue weighted by Crippen LogP contribution is 2.37. The number of fused-ring (bicyclic) bond motifs is 1. The molecule has 1 N–H and O–H groups in total. The molecule has 2 heterocycles. The molecule has 1 aliphatic rings. The number of rotatable bonds is 5. The third-order valence-electron chi connectivity index (χ3n) is 5.13.